The number of amides is 1. The highest BCUT2D eigenvalue weighted by Gasteiger charge is 2.39. The Morgan fingerprint density at radius 1 is 1.07 bits per heavy atom. The summed E-state index contributed by atoms with van der Waals surface area (Å²) in [7, 11) is 0. The molecule has 2 aromatic heterocycles. The van der Waals surface area contributed by atoms with Crippen LogP contribution < -0.4 is 16.3 Å². The summed E-state index contributed by atoms with van der Waals surface area (Å²) in [6, 6.07) is 12.8. The van der Waals surface area contributed by atoms with Crippen LogP contribution in [0.5, 0.6) is 0 Å². The average Bonchev–Trinajstić information content (AvgIpc) is 3.43. The Balaban J connectivity index is 1.72. The number of hydrogen-bond donors (Lipinski definition) is 3. The molecule has 0 aliphatic carbocycles. The second-order valence-corrected chi connectivity index (χ2v) is 9.41. The Kier molecular flexibility index (Phi) is 8.81. The van der Waals surface area contributed by atoms with E-state index >= 15 is 0 Å². The second-order valence-electron chi connectivity index (χ2n) is 8.56. The predicted octanol–water partition coefficient (Wildman–Crippen LogP) is 3.12. The molecule has 0 spiro atoms. The van der Waals surface area contributed by atoms with E-state index in [2.05, 4.69) is 25.8 Å². The molecule has 0 fully saturated rings. The van der Waals surface area contributed by atoms with E-state index in [1.165, 1.54) is 35.9 Å². The van der Waals surface area contributed by atoms with Crippen molar-refractivity contribution in [3.05, 3.63) is 74.9 Å². The minimum absolute atomic E-state index is 0.0905. The van der Waals surface area contributed by atoms with Crippen molar-refractivity contribution in [2.75, 3.05) is 18.4 Å². The Hall–Kier alpha value is -3.88. The third-order valence-electron chi connectivity index (χ3n) is 5.56. The van der Waals surface area contributed by atoms with E-state index in [4.69, 9.17) is 23.2 Å². The van der Waals surface area contributed by atoms with Gasteiger partial charge in [0.05, 0.1) is 17.3 Å². The van der Waals surface area contributed by atoms with Crippen LogP contribution in [0.3, 0.4) is 0 Å². The van der Waals surface area contributed by atoms with Crippen LogP contribution >= 0.6 is 23.2 Å². The second kappa shape index (κ2) is 12.1. The standard InChI is InChI=1S/C24H23Cl2F3N8O3/c1-14(38)30-10-11-31-22-32-20(33-37(22)18-5-3-2-4-17(18)26)13-36-23(40)35(12-19(39)24(27,28)29)21(34-36)15-6-8-16(25)9-7-15/h2-9,19,39H,10-13H2,1H3,(H,30,38)(H,31,32,33). The Bertz CT molecular complexity index is 1550. The number of hydrogen-bond acceptors (Lipinski definition) is 7. The number of aromatic nitrogens is 6. The van der Waals surface area contributed by atoms with Crippen LogP contribution in [-0.4, -0.2) is 65.5 Å². The van der Waals surface area contributed by atoms with Gasteiger partial charge in [-0.2, -0.15) is 22.8 Å². The number of carbonyl (C=O) groups excluding carboxylic acids is 1. The molecule has 2 heterocycles. The number of aliphatic hydroxyl groups excluding tert-OH is 1. The lowest BCUT2D eigenvalue weighted by Crippen LogP contribution is -2.37. The summed E-state index contributed by atoms with van der Waals surface area (Å²) in [5.74, 6) is 0.0142. The number of aliphatic hydroxyl groups is 1. The maximum Gasteiger partial charge on any atom is 0.416 e. The monoisotopic (exact) mass is 598 g/mol. The van der Waals surface area contributed by atoms with Gasteiger partial charge in [-0.05, 0) is 36.4 Å². The lowest BCUT2D eigenvalue weighted by molar-refractivity contribution is -0.207. The first kappa shape index (κ1) is 29.1. The molecular formula is C24H23Cl2F3N8O3. The summed E-state index contributed by atoms with van der Waals surface area (Å²) in [4.78, 5) is 28.8. The van der Waals surface area contributed by atoms with Gasteiger partial charge in [0, 0.05) is 30.6 Å². The minimum Gasteiger partial charge on any atom is -0.382 e. The number of para-hydroxylation sites is 1. The number of carbonyl (C=O) groups is 1. The molecule has 1 atom stereocenters. The van der Waals surface area contributed by atoms with Crippen molar-refractivity contribution in [1.29, 1.82) is 0 Å². The fourth-order valence-corrected chi connectivity index (χ4v) is 4.01. The average molecular weight is 599 g/mol. The number of benzene rings is 2. The quantitative estimate of drug-likeness (QED) is 0.239. The molecule has 40 heavy (non-hydrogen) atoms. The number of alkyl halides is 3. The molecule has 16 heteroatoms. The Morgan fingerprint density at radius 3 is 2.42 bits per heavy atom. The summed E-state index contributed by atoms with van der Waals surface area (Å²) in [5, 5.41) is 24.8. The van der Waals surface area contributed by atoms with Crippen LogP contribution in [0.4, 0.5) is 19.1 Å². The van der Waals surface area contributed by atoms with Crippen molar-refractivity contribution in [3.63, 3.8) is 0 Å². The molecule has 0 aliphatic heterocycles. The third-order valence-corrected chi connectivity index (χ3v) is 6.14. The van der Waals surface area contributed by atoms with Gasteiger partial charge >= 0.3 is 11.9 Å². The first-order chi connectivity index (χ1) is 18.9. The van der Waals surface area contributed by atoms with E-state index in [1.807, 2.05) is 0 Å². The third kappa shape index (κ3) is 6.81. The van der Waals surface area contributed by atoms with E-state index in [-0.39, 0.29) is 43.1 Å². The van der Waals surface area contributed by atoms with E-state index in [9.17, 15) is 27.9 Å². The lowest BCUT2D eigenvalue weighted by atomic mass is 10.2. The normalized spacial score (nSPS) is 12.4. The van der Waals surface area contributed by atoms with Crippen LogP contribution in [0.15, 0.2) is 53.3 Å². The highest BCUT2D eigenvalue weighted by molar-refractivity contribution is 6.32. The van der Waals surface area contributed by atoms with Crippen LogP contribution in [0.25, 0.3) is 17.1 Å². The number of nitrogens with one attached hydrogen (secondary N) is 2. The van der Waals surface area contributed by atoms with Gasteiger partial charge in [-0.15, -0.1) is 10.2 Å². The van der Waals surface area contributed by atoms with Crippen molar-refractivity contribution in [3.8, 4) is 17.1 Å². The Labute approximate surface area is 235 Å². The van der Waals surface area contributed by atoms with Gasteiger partial charge in [0.1, 0.15) is 6.54 Å². The molecule has 1 amide bonds. The fraction of sp³-hybridized carbons (Fsp3) is 0.292. The summed E-state index contributed by atoms with van der Waals surface area (Å²) >= 11 is 12.3. The number of anilines is 1. The van der Waals surface area contributed by atoms with Gasteiger partial charge in [-0.1, -0.05) is 35.3 Å². The van der Waals surface area contributed by atoms with Crippen molar-refractivity contribution in [2.24, 2.45) is 0 Å². The topological polar surface area (TPSA) is 132 Å². The molecule has 11 nitrogen and oxygen atoms in total. The molecule has 0 aliphatic rings. The summed E-state index contributed by atoms with van der Waals surface area (Å²) in [6.07, 6.45) is -7.75. The zero-order valence-corrected chi connectivity index (χ0v) is 22.4. The molecular weight excluding hydrogens is 576 g/mol. The Morgan fingerprint density at radius 2 is 1.77 bits per heavy atom. The molecule has 0 saturated heterocycles. The fourth-order valence-electron chi connectivity index (χ4n) is 3.67. The van der Waals surface area contributed by atoms with Gasteiger partial charge in [0.25, 0.3) is 0 Å². The van der Waals surface area contributed by atoms with E-state index in [0.717, 1.165) is 9.25 Å². The molecule has 4 aromatic rings. The first-order valence-corrected chi connectivity index (χ1v) is 12.6. The number of halogens is 5. The zero-order chi connectivity index (χ0) is 29.0. The summed E-state index contributed by atoms with van der Waals surface area (Å²) in [6.45, 7) is 0.569. The molecule has 3 N–H and O–H groups in total. The number of nitrogens with zero attached hydrogens (tertiary/aromatic N) is 6. The van der Waals surface area contributed by atoms with Crippen molar-refractivity contribution in [2.45, 2.75) is 32.3 Å². The van der Waals surface area contributed by atoms with Crippen molar-refractivity contribution < 1.29 is 23.1 Å². The summed E-state index contributed by atoms with van der Waals surface area (Å²) in [5.41, 5.74) is -0.134. The lowest BCUT2D eigenvalue weighted by Gasteiger charge is -2.15. The van der Waals surface area contributed by atoms with E-state index < -0.39 is 24.5 Å². The van der Waals surface area contributed by atoms with Gasteiger partial charge < -0.3 is 15.7 Å². The highest BCUT2D eigenvalue weighted by Crippen LogP contribution is 2.25. The maximum absolute atomic E-state index is 13.2. The van der Waals surface area contributed by atoms with Crippen LogP contribution in [0, 0.1) is 0 Å². The predicted molar refractivity (Wildman–Crippen MR) is 142 cm³/mol. The van der Waals surface area contributed by atoms with Crippen molar-refractivity contribution >= 4 is 35.1 Å². The molecule has 0 bridgehead atoms. The molecule has 2 aromatic carbocycles. The largest absolute Gasteiger partial charge is 0.416 e. The number of rotatable bonds is 10. The van der Waals surface area contributed by atoms with E-state index in [1.54, 1.807) is 24.3 Å². The van der Waals surface area contributed by atoms with Gasteiger partial charge in [0.2, 0.25) is 11.9 Å². The minimum atomic E-state index is -4.95. The molecule has 212 valence electrons. The SMILES string of the molecule is CC(=O)NCCNc1nc(Cn2nc(-c3ccc(Cl)cc3)n(CC(O)C(F)(F)F)c2=O)nn1-c1ccccc1Cl. The first-order valence-electron chi connectivity index (χ1n) is 11.8. The molecule has 4 rings (SSSR count). The van der Waals surface area contributed by atoms with Crippen LogP contribution in [-0.2, 0) is 17.9 Å². The van der Waals surface area contributed by atoms with Gasteiger partial charge in [0.15, 0.2) is 17.8 Å². The van der Waals surface area contributed by atoms with Crippen LogP contribution in [0.2, 0.25) is 10.0 Å². The van der Waals surface area contributed by atoms with Gasteiger partial charge in [-0.25, -0.2) is 9.48 Å². The van der Waals surface area contributed by atoms with Gasteiger partial charge in [-0.3, -0.25) is 9.36 Å². The van der Waals surface area contributed by atoms with Crippen molar-refractivity contribution in [1.82, 2.24) is 34.4 Å². The smallest absolute Gasteiger partial charge is 0.382 e. The maximum atomic E-state index is 13.2. The van der Waals surface area contributed by atoms with E-state index in [0.29, 0.717) is 21.3 Å². The highest BCUT2D eigenvalue weighted by atomic mass is 35.5. The molecule has 0 radical (unpaired) electrons. The zero-order valence-electron chi connectivity index (χ0n) is 20.9. The molecule has 0 saturated carbocycles. The van der Waals surface area contributed by atoms with Crippen LogP contribution in [0.1, 0.15) is 12.7 Å². The summed E-state index contributed by atoms with van der Waals surface area (Å²) < 4.78 is 42.5. The molecule has 1 unspecified atom stereocenters.